The average Bonchev–Trinajstić information content (AvgIpc) is 3.45. The molecular weight excluding hydrogens is 460 g/mol. The molecule has 3 N–H and O–H groups in total. The summed E-state index contributed by atoms with van der Waals surface area (Å²) in [6, 6.07) is 12.4. The van der Waals surface area contributed by atoms with E-state index in [4.69, 9.17) is 15.2 Å². The lowest BCUT2D eigenvalue weighted by molar-refractivity contribution is 0.354. The van der Waals surface area contributed by atoms with Gasteiger partial charge in [0.1, 0.15) is 5.82 Å². The van der Waals surface area contributed by atoms with Crippen molar-refractivity contribution < 1.29 is 13.9 Å². The lowest BCUT2D eigenvalue weighted by atomic mass is 9.96. The molecule has 27 heavy (non-hydrogen) atoms. The summed E-state index contributed by atoms with van der Waals surface area (Å²) in [4.78, 5) is 4.38. The minimum Gasteiger partial charge on any atom is -0.493 e. The van der Waals surface area contributed by atoms with E-state index in [-0.39, 0.29) is 35.2 Å². The Balaban J connectivity index is 0.00000261. The lowest BCUT2D eigenvalue weighted by Crippen LogP contribution is -2.37. The van der Waals surface area contributed by atoms with Crippen LogP contribution in [-0.2, 0) is 12.0 Å². The van der Waals surface area contributed by atoms with Crippen molar-refractivity contribution in [1.29, 1.82) is 0 Å². The van der Waals surface area contributed by atoms with Crippen LogP contribution >= 0.6 is 24.0 Å². The number of nitrogens with zero attached hydrogens (tertiary/aromatic N) is 1. The summed E-state index contributed by atoms with van der Waals surface area (Å²) in [5, 5.41) is 3.17. The molecule has 0 amide bonds. The lowest BCUT2D eigenvalue weighted by Gasteiger charge is -2.17. The number of benzene rings is 2. The first-order valence-corrected chi connectivity index (χ1v) is 8.57. The number of hydrogen-bond donors (Lipinski definition) is 2. The Morgan fingerprint density at radius 1 is 1.15 bits per heavy atom. The number of halogens is 2. The normalized spacial score (nSPS) is 14.9. The van der Waals surface area contributed by atoms with E-state index >= 15 is 0 Å². The highest BCUT2D eigenvalue weighted by Crippen LogP contribution is 2.47. The molecule has 1 saturated carbocycles. The number of ether oxygens (including phenoxy) is 2. The zero-order chi connectivity index (χ0) is 18.6. The van der Waals surface area contributed by atoms with Gasteiger partial charge in [-0.3, -0.25) is 0 Å². The predicted molar refractivity (Wildman–Crippen MR) is 116 cm³/mol. The number of hydrogen-bond acceptors (Lipinski definition) is 3. The highest BCUT2D eigenvalue weighted by molar-refractivity contribution is 14.0. The third-order valence-electron chi connectivity index (χ3n) is 4.78. The molecule has 1 aliphatic rings. The van der Waals surface area contributed by atoms with E-state index in [2.05, 4.69) is 10.3 Å². The fraction of sp³-hybridized carbons (Fsp3) is 0.350. The molecule has 3 rings (SSSR count). The molecule has 1 aliphatic carbocycles. The minimum absolute atomic E-state index is 0. The average molecular weight is 485 g/mol. The molecule has 0 unspecified atom stereocenters. The van der Waals surface area contributed by atoms with Crippen molar-refractivity contribution in [3.05, 3.63) is 59.4 Å². The molecule has 1 fully saturated rings. The molecule has 0 aliphatic heterocycles. The van der Waals surface area contributed by atoms with Gasteiger partial charge in [0, 0.05) is 12.0 Å². The maximum Gasteiger partial charge on any atom is 0.188 e. The molecule has 146 valence electrons. The topological polar surface area (TPSA) is 68.9 Å². The van der Waals surface area contributed by atoms with E-state index in [1.165, 1.54) is 6.07 Å². The molecule has 0 aromatic heterocycles. The fourth-order valence-electron chi connectivity index (χ4n) is 3.01. The Morgan fingerprint density at radius 2 is 1.89 bits per heavy atom. The summed E-state index contributed by atoms with van der Waals surface area (Å²) in [7, 11) is 3.20. The molecule has 2 aromatic rings. The van der Waals surface area contributed by atoms with Crippen molar-refractivity contribution in [3.8, 4) is 11.5 Å². The van der Waals surface area contributed by atoms with Crippen molar-refractivity contribution in [1.82, 2.24) is 5.32 Å². The maximum atomic E-state index is 13.5. The second-order valence-electron chi connectivity index (χ2n) is 6.54. The number of nitrogens with two attached hydrogens (primary N) is 1. The van der Waals surface area contributed by atoms with Gasteiger partial charge in [-0.05, 0) is 48.2 Å². The van der Waals surface area contributed by atoms with E-state index in [9.17, 15) is 4.39 Å². The van der Waals surface area contributed by atoms with Crippen LogP contribution in [0.4, 0.5) is 4.39 Å². The quantitative estimate of drug-likeness (QED) is 0.358. The van der Waals surface area contributed by atoms with E-state index < -0.39 is 0 Å². The van der Waals surface area contributed by atoms with Gasteiger partial charge in [0.15, 0.2) is 17.5 Å². The Hall–Kier alpha value is -2.03. The summed E-state index contributed by atoms with van der Waals surface area (Å²) in [5.74, 6) is 1.51. The van der Waals surface area contributed by atoms with Gasteiger partial charge >= 0.3 is 0 Å². The third kappa shape index (κ3) is 5.24. The predicted octanol–water partition coefficient (Wildman–Crippen LogP) is 3.60. The van der Waals surface area contributed by atoms with E-state index in [0.717, 1.165) is 24.0 Å². The summed E-state index contributed by atoms with van der Waals surface area (Å²) in [6.45, 7) is 1.09. The van der Waals surface area contributed by atoms with Gasteiger partial charge in [-0.15, -0.1) is 24.0 Å². The van der Waals surface area contributed by atoms with Gasteiger partial charge in [-0.25, -0.2) is 9.38 Å². The monoisotopic (exact) mass is 485 g/mol. The van der Waals surface area contributed by atoms with Gasteiger partial charge in [0.25, 0.3) is 0 Å². The van der Waals surface area contributed by atoms with Crippen molar-refractivity contribution in [2.24, 2.45) is 10.7 Å². The number of nitrogens with one attached hydrogen (secondary N) is 1. The highest BCUT2D eigenvalue weighted by Gasteiger charge is 2.44. The zero-order valence-corrected chi connectivity index (χ0v) is 17.8. The molecule has 0 heterocycles. The van der Waals surface area contributed by atoms with Crippen LogP contribution in [0.5, 0.6) is 11.5 Å². The van der Waals surface area contributed by atoms with Crippen LogP contribution in [0.2, 0.25) is 0 Å². The molecule has 5 nitrogen and oxygen atoms in total. The fourth-order valence-corrected chi connectivity index (χ4v) is 3.01. The van der Waals surface area contributed by atoms with Crippen LogP contribution in [0.1, 0.15) is 24.0 Å². The van der Waals surface area contributed by atoms with Crippen LogP contribution in [0.15, 0.2) is 47.5 Å². The van der Waals surface area contributed by atoms with Gasteiger partial charge < -0.3 is 20.5 Å². The number of guanidine groups is 1. The molecule has 7 heteroatoms. The van der Waals surface area contributed by atoms with Crippen molar-refractivity contribution in [2.45, 2.75) is 24.8 Å². The number of rotatable bonds is 7. The van der Waals surface area contributed by atoms with Crippen molar-refractivity contribution in [3.63, 3.8) is 0 Å². The van der Waals surface area contributed by atoms with Gasteiger partial charge in [-0.2, -0.15) is 0 Å². The smallest absolute Gasteiger partial charge is 0.188 e. The highest BCUT2D eigenvalue weighted by atomic mass is 127. The summed E-state index contributed by atoms with van der Waals surface area (Å²) in [5.41, 5.74) is 7.95. The van der Waals surface area contributed by atoms with Crippen LogP contribution in [0.3, 0.4) is 0 Å². The molecule has 0 atom stereocenters. The standard InChI is InChI=1S/C20H24FN3O2.HI/c1-25-17-7-6-14(10-18(17)26-2)12-23-19(22)24-13-20(8-9-20)15-4-3-5-16(21)11-15;/h3-7,10-11H,8-9,12-13H2,1-2H3,(H3,22,23,24);1H. The SMILES string of the molecule is COc1ccc(CN=C(N)NCC2(c3cccc(F)c3)CC2)cc1OC.I. The van der Waals surface area contributed by atoms with E-state index in [1.807, 2.05) is 24.3 Å². The minimum atomic E-state index is -0.205. The van der Waals surface area contributed by atoms with Crippen molar-refractivity contribution >= 4 is 29.9 Å². The Kier molecular flexibility index (Phi) is 7.29. The second-order valence-corrected chi connectivity index (χ2v) is 6.54. The summed E-state index contributed by atoms with van der Waals surface area (Å²) < 4.78 is 24.0. The van der Waals surface area contributed by atoms with Crippen LogP contribution < -0.4 is 20.5 Å². The van der Waals surface area contributed by atoms with Gasteiger partial charge in [-0.1, -0.05) is 18.2 Å². The van der Waals surface area contributed by atoms with Crippen LogP contribution in [-0.4, -0.2) is 26.7 Å². The molecule has 0 radical (unpaired) electrons. The Morgan fingerprint density at radius 3 is 2.52 bits per heavy atom. The van der Waals surface area contributed by atoms with Gasteiger partial charge in [0.05, 0.1) is 20.8 Å². The van der Waals surface area contributed by atoms with E-state index in [1.54, 1.807) is 26.4 Å². The zero-order valence-electron chi connectivity index (χ0n) is 15.5. The van der Waals surface area contributed by atoms with Crippen molar-refractivity contribution in [2.75, 3.05) is 20.8 Å². The van der Waals surface area contributed by atoms with Crippen LogP contribution in [0, 0.1) is 5.82 Å². The summed E-state index contributed by atoms with van der Waals surface area (Å²) in [6.07, 6.45) is 2.04. The largest absolute Gasteiger partial charge is 0.493 e. The van der Waals surface area contributed by atoms with E-state index in [0.29, 0.717) is 30.5 Å². The Labute approximate surface area is 176 Å². The summed E-state index contributed by atoms with van der Waals surface area (Å²) >= 11 is 0. The number of aliphatic imine (C=N–C) groups is 1. The molecule has 0 bridgehead atoms. The van der Waals surface area contributed by atoms with Gasteiger partial charge in [0.2, 0.25) is 0 Å². The first-order valence-electron chi connectivity index (χ1n) is 8.57. The number of methoxy groups -OCH3 is 2. The molecule has 0 saturated heterocycles. The molecule has 0 spiro atoms. The third-order valence-corrected chi connectivity index (χ3v) is 4.78. The first-order chi connectivity index (χ1) is 12.6. The molecular formula is C20H25FIN3O2. The second kappa shape index (κ2) is 9.25. The first kappa shape index (κ1) is 21.3. The molecule has 2 aromatic carbocycles. The maximum absolute atomic E-state index is 13.5. The Bertz CT molecular complexity index is 810. The van der Waals surface area contributed by atoms with Crippen LogP contribution in [0.25, 0.3) is 0 Å².